The van der Waals surface area contributed by atoms with Crippen molar-refractivity contribution >= 4 is 11.6 Å². The van der Waals surface area contributed by atoms with E-state index in [1.54, 1.807) is 12.1 Å². The van der Waals surface area contributed by atoms with Crippen LogP contribution in [-0.2, 0) is 0 Å². The molecule has 0 aliphatic carbocycles. The minimum Gasteiger partial charge on any atom is -0.321 e. The number of amides is 1. The first-order valence-electron chi connectivity index (χ1n) is 5.48. The summed E-state index contributed by atoms with van der Waals surface area (Å²) in [5, 5.41) is 11.1. The van der Waals surface area contributed by atoms with Gasteiger partial charge in [0.2, 0.25) is 0 Å². The van der Waals surface area contributed by atoms with Crippen LogP contribution in [-0.4, -0.2) is 5.91 Å². The topological polar surface area (TPSA) is 52.9 Å². The Morgan fingerprint density at radius 1 is 1.05 bits per heavy atom. The van der Waals surface area contributed by atoms with Crippen LogP contribution in [0.2, 0.25) is 0 Å². The molecule has 2 rings (SSSR count). The van der Waals surface area contributed by atoms with Crippen LogP contribution in [0.25, 0.3) is 0 Å². The Labute approximate surface area is 112 Å². The van der Waals surface area contributed by atoms with E-state index in [0.29, 0.717) is 6.07 Å². The highest BCUT2D eigenvalue weighted by molar-refractivity contribution is 6.05. The lowest BCUT2D eigenvalue weighted by Crippen LogP contribution is -2.15. The number of carbonyl (C=O) groups is 1. The minimum absolute atomic E-state index is 0.157. The molecule has 0 bridgehead atoms. The van der Waals surface area contributed by atoms with Crippen LogP contribution in [0, 0.1) is 28.8 Å². The Kier molecular flexibility index (Phi) is 3.71. The van der Waals surface area contributed by atoms with Gasteiger partial charge in [-0.2, -0.15) is 5.26 Å². The highest BCUT2D eigenvalue weighted by Gasteiger charge is 2.19. The van der Waals surface area contributed by atoms with Crippen LogP contribution in [0.5, 0.6) is 0 Å². The fourth-order valence-corrected chi connectivity index (χ4v) is 1.58. The monoisotopic (exact) mass is 276 g/mol. The second-order valence-corrected chi connectivity index (χ2v) is 3.83. The first-order valence-corrected chi connectivity index (χ1v) is 5.48. The van der Waals surface area contributed by atoms with Crippen LogP contribution in [0.1, 0.15) is 15.9 Å². The first kappa shape index (κ1) is 13.6. The van der Waals surface area contributed by atoms with Crippen molar-refractivity contribution in [2.24, 2.45) is 0 Å². The van der Waals surface area contributed by atoms with E-state index < -0.39 is 28.9 Å². The van der Waals surface area contributed by atoms with Crippen molar-refractivity contribution in [1.29, 1.82) is 5.26 Å². The molecule has 0 aliphatic rings. The fraction of sp³-hybridized carbons (Fsp3) is 0. The molecule has 2 aromatic carbocycles. The molecular weight excluding hydrogens is 269 g/mol. The van der Waals surface area contributed by atoms with Gasteiger partial charge in [-0.3, -0.25) is 4.79 Å². The number of hydrogen-bond acceptors (Lipinski definition) is 2. The van der Waals surface area contributed by atoms with Gasteiger partial charge in [0.25, 0.3) is 5.91 Å². The third kappa shape index (κ3) is 2.47. The third-order valence-corrected chi connectivity index (χ3v) is 2.58. The van der Waals surface area contributed by atoms with Crippen LogP contribution < -0.4 is 5.32 Å². The highest BCUT2D eigenvalue weighted by Crippen LogP contribution is 2.18. The van der Waals surface area contributed by atoms with Gasteiger partial charge in [0, 0.05) is 0 Å². The molecular formula is C14H7F3N2O. The molecule has 6 heteroatoms. The number of halogens is 3. The Hall–Kier alpha value is -2.81. The summed E-state index contributed by atoms with van der Waals surface area (Å²) < 4.78 is 39.3. The lowest BCUT2D eigenvalue weighted by Gasteiger charge is -2.08. The Morgan fingerprint density at radius 3 is 2.45 bits per heavy atom. The molecule has 1 amide bonds. The van der Waals surface area contributed by atoms with Crippen molar-refractivity contribution < 1.29 is 18.0 Å². The summed E-state index contributed by atoms with van der Waals surface area (Å²) in [5.74, 6) is -5.64. The number of rotatable bonds is 2. The second-order valence-electron chi connectivity index (χ2n) is 3.83. The van der Waals surface area contributed by atoms with Gasteiger partial charge < -0.3 is 5.32 Å². The summed E-state index contributed by atoms with van der Waals surface area (Å²) in [7, 11) is 0. The summed E-state index contributed by atoms with van der Waals surface area (Å²) in [5.41, 5.74) is -0.315. The van der Waals surface area contributed by atoms with E-state index in [1.165, 1.54) is 12.1 Å². The lowest BCUT2D eigenvalue weighted by atomic mass is 10.1. The number of para-hydroxylation sites is 1. The van der Waals surface area contributed by atoms with Gasteiger partial charge in [-0.15, -0.1) is 0 Å². The van der Waals surface area contributed by atoms with Gasteiger partial charge in [-0.1, -0.05) is 12.1 Å². The average molecular weight is 276 g/mol. The standard InChI is InChI=1S/C14H7F3N2O/c15-10-6-5-9(12(16)13(10)17)14(20)19-11-4-2-1-3-8(11)7-18/h1-6H,(H,19,20). The smallest absolute Gasteiger partial charge is 0.258 e. The van der Waals surface area contributed by atoms with E-state index >= 15 is 0 Å². The molecule has 0 atom stereocenters. The maximum atomic E-state index is 13.5. The van der Waals surface area contributed by atoms with E-state index in [0.717, 1.165) is 6.07 Å². The van der Waals surface area contributed by atoms with Crippen molar-refractivity contribution in [2.45, 2.75) is 0 Å². The Balaban J connectivity index is 2.34. The summed E-state index contributed by atoms with van der Waals surface area (Å²) >= 11 is 0. The number of benzene rings is 2. The van der Waals surface area contributed by atoms with Crippen LogP contribution in [0.4, 0.5) is 18.9 Å². The molecule has 0 fully saturated rings. The number of nitriles is 1. The molecule has 0 aliphatic heterocycles. The molecule has 100 valence electrons. The maximum Gasteiger partial charge on any atom is 0.258 e. The van der Waals surface area contributed by atoms with E-state index in [4.69, 9.17) is 5.26 Å². The summed E-state index contributed by atoms with van der Waals surface area (Å²) in [4.78, 5) is 11.8. The van der Waals surface area contributed by atoms with Crippen LogP contribution in [0.3, 0.4) is 0 Å². The van der Waals surface area contributed by atoms with Gasteiger partial charge in [-0.25, -0.2) is 13.2 Å². The fourth-order valence-electron chi connectivity index (χ4n) is 1.58. The first-order chi connectivity index (χ1) is 9.54. The predicted octanol–water partition coefficient (Wildman–Crippen LogP) is 3.23. The van der Waals surface area contributed by atoms with Gasteiger partial charge in [-0.05, 0) is 24.3 Å². The zero-order valence-corrected chi connectivity index (χ0v) is 9.95. The van der Waals surface area contributed by atoms with Crippen molar-refractivity contribution in [1.82, 2.24) is 0 Å². The molecule has 20 heavy (non-hydrogen) atoms. The third-order valence-electron chi connectivity index (χ3n) is 2.58. The molecule has 0 unspecified atom stereocenters. The average Bonchev–Trinajstić information content (AvgIpc) is 2.45. The van der Waals surface area contributed by atoms with Crippen LogP contribution in [0.15, 0.2) is 36.4 Å². The molecule has 0 aromatic heterocycles. The summed E-state index contributed by atoms with van der Waals surface area (Å²) in [6.07, 6.45) is 0. The van der Waals surface area contributed by atoms with Gasteiger partial charge >= 0.3 is 0 Å². The molecule has 1 N–H and O–H groups in total. The largest absolute Gasteiger partial charge is 0.321 e. The van der Waals surface area contributed by atoms with E-state index in [9.17, 15) is 18.0 Å². The Morgan fingerprint density at radius 2 is 1.75 bits per heavy atom. The zero-order valence-electron chi connectivity index (χ0n) is 9.95. The van der Waals surface area contributed by atoms with Gasteiger partial charge in [0.1, 0.15) is 6.07 Å². The molecule has 0 heterocycles. The number of nitrogens with one attached hydrogen (secondary N) is 1. The van der Waals surface area contributed by atoms with Gasteiger partial charge in [0.15, 0.2) is 17.5 Å². The van der Waals surface area contributed by atoms with E-state index in [-0.39, 0.29) is 11.3 Å². The normalized spacial score (nSPS) is 9.90. The summed E-state index contributed by atoms with van der Waals surface area (Å²) in [6, 6.07) is 9.38. The van der Waals surface area contributed by atoms with Gasteiger partial charge in [0.05, 0.1) is 16.8 Å². The second kappa shape index (κ2) is 5.45. The molecule has 0 saturated heterocycles. The Bertz CT molecular complexity index is 723. The van der Waals surface area contributed by atoms with E-state index in [2.05, 4.69) is 5.32 Å². The lowest BCUT2D eigenvalue weighted by molar-refractivity contribution is 0.102. The molecule has 0 spiro atoms. The SMILES string of the molecule is N#Cc1ccccc1NC(=O)c1ccc(F)c(F)c1F. The molecule has 0 radical (unpaired) electrons. The van der Waals surface area contributed by atoms with Crippen LogP contribution >= 0.6 is 0 Å². The summed E-state index contributed by atoms with van der Waals surface area (Å²) in [6.45, 7) is 0. The molecule has 3 nitrogen and oxygen atoms in total. The van der Waals surface area contributed by atoms with Crippen molar-refractivity contribution in [2.75, 3.05) is 5.32 Å². The zero-order chi connectivity index (χ0) is 14.7. The quantitative estimate of drug-likeness (QED) is 0.856. The van der Waals surface area contributed by atoms with E-state index in [1.807, 2.05) is 6.07 Å². The van der Waals surface area contributed by atoms with Crippen molar-refractivity contribution in [3.8, 4) is 6.07 Å². The number of carbonyl (C=O) groups excluding carboxylic acids is 1. The number of nitrogens with zero attached hydrogens (tertiary/aromatic N) is 1. The van der Waals surface area contributed by atoms with Crippen molar-refractivity contribution in [3.63, 3.8) is 0 Å². The maximum absolute atomic E-state index is 13.5. The highest BCUT2D eigenvalue weighted by atomic mass is 19.2. The predicted molar refractivity (Wildman–Crippen MR) is 65.4 cm³/mol. The number of hydrogen-bond donors (Lipinski definition) is 1. The minimum atomic E-state index is -1.72. The molecule has 0 saturated carbocycles. The van der Waals surface area contributed by atoms with Crippen molar-refractivity contribution in [3.05, 3.63) is 65.0 Å². The number of anilines is 1. The molecule has 2 aromatic rings.